The summed E-state index contributed by atoms with van der Waals surface area (Å²) in [6.07, 6.45) is -3.36. The number of carbonyl (C=O) groups is 2. The number of piperazine rings is 1. The Morgan fingerprint density at radius 1 is 1.03 bits per heavy atom. The lowest BCUT2D eigenvalue weighted by atomic mass is 10.1. The minimum atomic E-state index is -4.72. The zero-order valence-corrected chi connectivity index (χ0v) is 22.6. The number of ether oxygens (including phenoxy) is 1. The number of halogens is 6. The fourth-order valence-corrected chi connectivity index (χ4v) is 5.96. The van der Waals surface area contributed by atoms with Gasteiger partial charge in [0.2, 0.25) is 0 Å². The van der Waals surface area contributed by atoms with Gasteiger partial charge in [-0.25, -0.2) is 12.4 Å². The Labute approximate surface area is 230 Å². The first-order valence-electron chi connectivity index (χ1n) is 10.9. The summed E-state index contributed by atoms with van der Waals surface area (Å²) in [6, 6.07) is 6.51. The van der Waals surface area contributed by atoms with Crippen LogP contribution < -0.4 is 9.64 Å². The molecule has 0 bridgehead atoms. The van der Waals surface area contributed by atoms with Crippen molar-refractivity contribution in [2.24, 2.45) is 0 Å². The number of nitrogens with zero attached hydrogens (tertiary/aromatic N) is 3. The van der Waals surface area contributed by atoms with Gasteiger partial charge in [0.25, 0.3) is 19.7 Å². The van der Waals surface area contributed by atoms with Crippen molar-refractivity contribution in [3.63, 3.8) is 0 Å². The molecule has 0 N–H and O–H groups in total. The summed E-state index contributed by atoms with van der Waals surface area (Å²) >= 11 is 17.1. The van der Waals surface area contributed by atoms with Crippen molar-refractivity contribution >= 4 is 73.6 Å². The van der Waals surface area contributed by atoms with E-state index in [-0.39, 0.29) is 47.5 Å². The van der Waals surface area contributed by atoms with E-state index in [1.54, 1.807) is 4.90 Å². The summed E-state index contributed by atoms with van der Waals surface area (Å²) in [5, 5.41) is 0.0556. The molecule has 1 aliphatic rings. The predicted octanol–water partition coefficient (Wildman–Crippen LogP) is 4.74. The molecule has 0 unspecified atom stereocenters. The second-order valence-electron chi connectivity index (χ2n) is 8.34. The summed E-state index contributed by atoms with van der Waals surface area (Å²) in [5.41, 5.74) is -1.06. The SMILES string of the molecule is COc1ccc(S(=O)(=O)n2cc(C=O)c3ccc(C(F)(F)F)cc32)cc1N1CCN(C(=O)C(Cl)(Cl)Cl)CC1. The zero-order valence-electron chi connectivity index (χ0n) is 19.5. The molecule has 0 radical (unpaired) electrons. The molecule has 1 aliphatic heterocycles. The van der Waals surface area contributed by atoms with Crippen molar-refractivity contribution in [2.75, 3.05) is 38.2 Å². The lowest BCUT2D eigenvalue weighted by Crippen LogP contribution is -2.51. The second-order valence-corrected chi connectivity index (χ2v) is 12.4. The number of aromatic nitrogens is 1. The molecule has 8 nitrogen and oxygen atoms in total. The van der Waals surface area contributed by atoms with Gasteiger partial charge >= 0.3 is 6.18 Å². The molecule has 0 aliphatic carbocycles. The van der Waals surface area contributed by atoms with Gasteiger partial charge in [-0.1, -0.05) is 40.9 Å². The summed E-state index contributed by atoms with van der Waals surface area (Å²) in [6.45, 7) is 0.863. The first-order chi connectivity index (χ1) is 17.7. The quantitative estimate of drug-likeness (QED) is 0.306. The van der Waals surface area contributed by atoms with E-state index in [9.17, 15) is 31.2 Å². The average molecular weight is 613 g/mol. The standard InChI is InChI=1S/C23H19Cl3F3N3O5S/c1-37-20-5-3-16(11-19(20)30-6-8-31(9-7-30)21(34)22(24,25)26)38(35,36)32-12-14(13-33)17-4-2-15(10-18(17)32)23(27,28)29/h2-5,10-13H,6-9H2,1H3. The van der Waals surface area contributed by atoms with Crippen LogP contribution in [0, 0.1) is 0 Å². The summed E-state index contributed by atoms with van der Waals surface area (Å²) in [4.78, 5) is 26.7. The Hall–Kier alpha value is -2.67. The van der Waals surface area contributed by atoms with Crippen LogP contribution in [0.25, 0.3) is 10.9 Å². The third-order valence-corrected chi connectivity index (χ3v) is 8.27. The molecule has 2 aromatic carbocycles. The fraction of sp³-hybridized carbons (Fsp3) is 0.304. The Balaban J connectivity index is 1.74. The molecule has 3 aromatic rings. The lowest BCUT2D eigenvalue weighted by molar-refractivity contribution is -0.137. The molecule has 0 saturated carbocycles. The van der Waals surface area contributed by atoms with E-state index in [0.717, 1.165) is 18.3 Å². The Morgan fingerprint density at radius 2 is 1.68 bits per heavy atom. The number of rotatable bonds is 5. The Morgan fingerprint density at radius 3 is 2.24 bits per heavy atom. The smallest absolute Gasteiger partial charge is 0.416 e. The minimum Gasteiger partial charge on any atom is -0.495 e. The first kappa shape index (κ1) is 28.3. The van der Waals surface area contributed by atoms with Crippen LogP contribution >= 0.6 is 34.8 Å². The van der Waals surface area contributed by atoms with Gasteiger partial charge < -0.3 is 14.5 Å². The highest BCUT2D eigenvalue weighted by Gasteiger charge is 2.37. The van der Waals surface area contributed by atoms with E-state index in [4.69, 9.17) is 39.5 Å². The van der Waals surface area contributed by atoms with Gasteiger partial charge in [0, 0.05) is 43.3 Å². The van der Waals surface area contributed by atoms with Gasteiger partial charge in [-0.05, 0) is 30.3 Å². The molecule has 1 saturated heterocycles. The third kappa shape index (κ3) is 5.27. The lowest BCUT2D eigenvalue weighted by Gasteiger charge is -2.37. The summed E-state index contributed by atoms with van der Waals surface area (Å²) < 4.78 is 71.2. The van der Waals surface area contributed by atoms with Gasteiger partial charge in [-0.2, -0.15) is 13.2 Å². The van der Waals surface area contributed by atoms with Gasteiger partial charge in [-0.15, -0.1) is 0 Å². The van der Waals surface area contributed by atoms with Gasteiger partial charge in [0.15, 0.2) is 6.29 Å². The average Bonchev–Trinajstić information content (AvgIpc) is 3.26. The topological polar surface area (TPSA) is 88.9 Å². The van der Waals surface area contributed by atoms with E-state index >= 15 is 0 Å². The van der Waals surface area contributed by atoms with Gasteiger partial charge in [0.1, 0.15) is 5.75 Å². The van der Waals surface area contributed by atoms with Gasteiger partial charge in [0.05, 0.1) is 28.8 Å². The second kappa shape index (κ2) is 10.1. The molecular weight excluding hydrogens is 594 g/mol. The van der Waals surface area contributed by atoms with E-state index in [1.807, 2.05) is 0 Å². The van der Waals surface area contributed by atoms with Crippen LogP contribution in [0.15, 0.2) is 47.5 Å². The number of hydrogen-bond donors (Lipinski definition) is 0. The van der Waals surface area contributed by atoms with Crippen LogP contribution in [0.2, 0.25) is 0 Å². The number of aldehydes is 1. The van der Waals surface area contributed by atoms with Crippen LogP contribution in [0.3, 0.4) is 0 Å². The summed E-state index contributed by atoms with van der Waals surface area (Å²) in [5.74, 6) is -0.357. The third-order valence-electron chi connectivity index (χ3n) is 6.11. The van der Waals surface area contributed by atoms with Gasteiger partial charge in [-0.3, -0.25) is 9.59 Å². The monoisotopic (exact) mass is 611 g/mol. The maximum absolute atomic E-state index is 13.6. The van der Waals surface area contributed by atoms with Crippen molar-refractivity contribution in [1.29, 1.82) is 0 Å². The molecule has 4 rings (SSSR count). The molecule has 1 aromatic heterocycles. The maximum atomic E-state index is 13.6. The highest BCUT2D eigenvalue weighted by atomic mass is 35.6. The van der Waals surface area contributed by atoms with Crippen molar-refractivity contribution in [3.05, 3.63) is 53.7 Å². The van der Waals surface area contributed by atoms with E-state index < -0.39 is 31.5 Å². The van der Waals surface area contributed by atoms with Crippen molar-refractivity contribution in [1.82, 2.24) is 8.87 Å². The van der Waals surface area contributed by atoms with Crippen molar-refractivity contribution in [3.8, 4) is 5.75 Å². The van der Waals surface area contributed by atoms with Crippen LogP contribution in [0.5, 0.6) is 5.75 Å². The molecule has 0 spiro atoms. The molecule has 15 heteroatoms. The zero-order chi connectivity index (χ0) is 28.0. The first-order valence-corrected chi connectivity index (χ1v) is 13.5. The largest absolute Gasteiger partial charge is 0.495 e. The Kier molecular flexibility index (Phi) is 7.56. The number of benzene rings is 2. The highest BCUT2D eigenvalue weighted by molar-refractivity contribution is 7.90. The molecular formula is C23H19Cl3F3N3O5S. The van der Waals surface area contributed by atoms with Crippen molar-refractivity contribution in [2.45, 2.75) is 14.9 Å². The van der Waals surface area contributed by atoms with Crippen LogP contribution in [0.4, 0.5) is 18.9 Å². The predicted molar refractivity (Wildman–Crippen MR) is 137 cm³/mol. The number of amides is 1. The highest BCUT2D eigenvalue weighted by Crippen LogP contribution is 2.36. The Bertz CT molecular complexity index is 1510. The molecule has 2 heterocycles. The fourth-order valence-electron chi connectivity index (χ4n) is 4.21. The van der Waals surface area contributed by atoms with Crippen molar-refractivity contribution < 1.29 is 35.9 Å². The maximum Gasteiger partial charge on any atom is 0.416 e. The molecule has 204 valence electrons. The number of methoxy groups -OCH3 is 1. The molecule has 1 fully saturated rings. The van der Waals surface area contributed by atoms with E-state index in [1.165, 1.54) is 30.2 Å². The van der Waals surface area contributed by atoms with Crippen LogP contribution in [0.1, 0.15) is 15.9 Å². The normalized spacial score (nSPS) is 15.1. The van der Waals surface area contributed by atoms with Crippen LogP contribution in [-0.4, -0.2) is 66.6 Å². The van der Waals surface area contributed by atoms with E-state index in [0.29, 0.717) is 27.8 Å². The molecule has 1 amide bonds. The molecule has 0 atom stereocenters. The number of alkyl halides is 6. The number of anilines is 1. The minimum absolute atomic E-state index is 0.0556. The number of carbonyl (C=O) groups excluding carboxylic acids is 2. The molecule has 38 heavy (non-hydrogen) atoms. The van der Waals surface area contributed by atoms with Crippen LogP contribution in [-0.2, 0) is 21.0 Å². The number of hydrogen-bond acceptors (Lipinski definition) is 6. The van der Waals surface area contributed by atoms with E-state index in [2.05, 4.69) is 0 Å². The number of fused-ring (bicyclic) bond motifs is 1. The summed E-state index contributed by atoms with van der Waals surface area (Å²) in [7, 11) is -3.06.